The first-order chi connectivity index (χ1) is 7.08. The first kappa shape index (κ1) is 9.76. The van der Waals surface area contributed by atoms with E-state index in [-0.39, 0.29) is 29.9 Å². The molecule has 0 aromatic heterocycles. The first-order valence-electron chi connectivity index (χ1n) is 4.60. The molecule has 0 aliphatic carbocycles. The Labute approximate surface area is 86.2 Å². The van der Waals surface area contributed by atoms with Crippen LogP contribution in [0, 0.1) is 11.7 Å². The molecule has 1 aromatic carbocycles. The highest BCUT2D eigenvalue weighted by Gasteiger charge is 2.23. The van der Waals surface area contributed by atoms with E-state index in [4.69, 9.17) is 10.5 Å². The summed E-state index contributed by atoms with van der Waals surface area (Å²) in [7, 11) is 0. The number of nitrogens with two attached hydrogens (primary N) is 1. The van der Waals surface area contributed by atoms with Crippen molar-refractivity contribution in [3.63, 3.8) is 0 Å². The van der Waals surface area contributed by atoms with E-state index in [0.29, 0.717) is 5.69 Å². The molecule has 4 nitrogen and oxygen atoms in total. The van der Waals surface area contributed by atoms with Gasteiger partial charge in [-0.25, -0.2) is 4.39 Å². The number of hydrogen-bond donors (Lipinski definition) is 2. The lowest BCUT2D eigenvalue weighted by molar-refractivity contribution is -0.119. The van der Waals surface area contributed by atoms with E-state index < -0.39 is 5.82 Å². The molecular formula is C10H11FN2O2. The summed E-state index contributed by atoms with van der Waals surface area (Å²) in [5.41, 5.74) is 6.01. The molecule has 1 amide bonds. The normalized spacial score (nSPS) is 19.9. The second-order valence-corrected chi connectivity index (χ2v) is 3.58. The largest absolute Gasteiger partial charge is 0.488 e. The summed E-state index contributed by atoms with van der Waals surface area (Å²) in [6, 6.07) is 2.65. The predicted molar refractivity (Wildman–Crippen MR) is 54.1 cm³/mol. The molecule has 0 radical (unpaired) electrons. The third-order valence-corrected chi connectivity index (χ3v) is 2.25. The number of benzene rings is 1. The molecule has 1 aliphatic rings. The molecule has 0 fully saturated rings. The van der Waals surface area contributed by atoms with Crippen LogP contribution in [0.3, 0.4) is 0 Å². The molecular weight excluding hydrogens is 199 g/mol. The molecule has 1 heterocycles. The number of amides is 1. The van der Waals surface area contributed by atoms with Crippen molar-refractivity contribution in [3.05, 3.63) is 17.9 Å². The Hall–Kier alpha value is -1.78. The average molecular weight is 210 g/mol. The molecule has 3 N–H and O–H groups in total. The van der Waals surface area contributed by atoms with Gasteiger partial charge in [-0.05, 0) is 6.07 Å². The molecule has 0 bridgehead atoms. The van der Waals surface area contributed by atoms with Crippen LogP contribution < -0.4 is 15.8 Å². The summed E-state index contributed by atoms with van der Waals surface area (Å²) >= 11 is 0. The fourth-order valence-corrected chi connectivity index (χ4v) is 1.39. The van der Waals surface area contributed by atoms with Gasteiger partial charge in [-0.1, -0.05) is 6.92 Å². The molecule has 2 rings (SSSR count). The molecule has 1 unspecified atom stereocenters. The van der Waals surface area contributed by atoms with Crippen LogP contribution in [-0.4, -0.2) is 12.5 Å². The monoisotopic (exact) mass is 210 g/mol. The number of anilines is 2. The minimum Gasteiger partial charge on any atom is -0.488 e. The summed E-state index contributed by atoms with van der Waals surface area (Å²) in [5, 5.41) is 2.57. The highest BCUT2D eigenvalue weighted by Crippen LogP contribution is 2.33. The van der Waals surface area contributed by atoms with Crippen LogP contribution in [0.15, 0.2) is 12.1 Å². The number of ether oxygens (including phenoxy) is 1. The summed E-state index contributed by atoms with van der Waals surface area (Å²) in [6.45, 7) is 1.88. The van der Waals surface area contributed by atoms with E-state index in [1.807, 2.05) is 0 Å². The van der Waals surface area contributed by atoms with Gasteiger partial charge in [0.2, 0.25) is 5.91 Å². The summed E-state index contributed by atoms with van der Waals surface area (Å²) in [6.07, 6.45) is 0. The van der Waals surface area contributed by atoms with Gasteiger partial charge >= 0.3 is 0 Å². The molecule has 5 heteroatoms. The van der Waals surface area contributed by atoms with E-state index in [2.05, 4.69) is 5.32 Å². The Kier molecular flexibility index (Phi) is 2.22. The minimum atomic E-state index is -0.556. The number of halogens is 1. The molecule has 80 valence electrons. The lowest BCUT2D eigenvalue weighted by atomic mass is 10.2. The highest BCUT2D eigenvalue weighted by atomic mass is 19.1. The van der Waals surface area contributed by atoms with Gasteiger partial charge in [-0.15, -0.1) is 0 Å². The third kappa shape index (κ3) is 1.72. The van der Waals surface area contributed by atoms with Gasteiger partial charge in [0, 0.05) is 11.8 Å². The Morgan fingerprint density at radius 2 is 2.33 bits per heavy atom. The number of rotatable bonds is 0. The molecule has 15 heavy (non-hydrogen) atoms. The van der Waals surface area contributed by atoms with Crippen LogP contribution in [-0.2, 0) is 4.79 Å². The van der Waals surface area contributed by atoms with Crippen LogP contribution in [0.4, 0.5) is 15.8 Å². The van der Waals surface area contributed by atoms with Crippen molar-refractivity contribution >= 4 is 17.3 Å². The Bertz CT molecular complexity index is 420. The van der Waals surface area contributed by atoms with Gasteiger partial charge in [-0.3, -0.25) is 4.79 Å². The predicted octanol–water partition coefficient (Wildman–Crippen LogP) is 1.37. The second-order valence-electron chi connectivity index (χ2n) is 3.58. The Morgan fingerprint density at radius 3 is 3.07 bits per heavy atom. The summed E-state index contributed by atoms with van der Waals surface area (Å²) in [4.78, 5) is 11.4. The standard InChI is InChI=1S/C10H11FN2O2/c1-5-4-15-9-7(11)2-6(12)3-8(9)13-10(5)14/h2-3,5H,4,12H2,1H3,(H,13,14). The van der Waals surface area contributed by atoms with Crippen molar-refractivity contribution in [2.45, 2.75) is 6.92 Å². The van der Waals surface area contributed by atoms with Crippen LogP contribution in [0.1, 0.15) is 6.92 Å². The summed E-state index contributed by atoms with van der Waals surface area (Å²) < 4.78 is 18.6. The Balaban J connectivity index is 2.47. The maximum Gasteiger partial charge on any atom is 0.230 e. The molecule has 0 spiro atoms. The van der Waals surface area contributed by atoms with Crippen molar-refractivity contribution in [3.8, 4) is 5.75 Å². The van der Waals surface area contributed by atoms with Gasteiger partial charge in [0.05, 0.1) is 18.2 Å². The lowest BCUT2D eigenvalue weighted by Crippen LogP contribution is -2.22. The SMILES string of the molecule is CC1COc2c(F)cc(N)cc2NC1=O. The van der Waals surface area contributed by atoms with Gasteiger partial charge in [0.1, 0.15) is 0 Å². The molecule has 1 aliphatic heterocycles. The van der Waals surface area contributed by atoms with Crippen molar-refractivity contribution in [1.29, 1.82) is 0 Å². The van der Waals surface area contributed by atoms with E-state index in [9.17, 15) is 9.18 Å². The fourth-order valence-electron chi connectivity index (χ4n) is 1.39. The van der Waals surface area contributed by atoms with Gasteiger partial charge in [-0.2, -0.15) is 0 Å². The fraction of sp³-hybridized carbons (Fsp3) is 0.300. The van der Waals surface area contributed by atoms with Crippen LogP contribution in [0.2, 0.25) is 0 Å². The number of nitrogen functional groups attached to an aromatic ring is 1. The zero-order valence-corrected chi connectivity index (χ0v) is 8.21. The van der Waals surface area contributed by atoms with E-state index in [1.54, 1.807) is 6.92 Å². The highest BCUT2D eigenvalue weighted by molar-refractivity contribution is 5.95. The van der Waals surface area contributed by atoms with E-state index >= 15 is 0 Å². The number of hydrogen-bond acceptors (Lipinski definition) is 3. The van der Waals surface area contributed by atoms with Gasteiger partial charge < -0.3 is 15.8 Å². The number of nitrogens with one attached hydrogen (secondary N) is 1. The number of carbonyl (C=O) groups is 1. The quantitative estimate of drug-likeness (QED) is 0.636. The smallest absolute Gasteiger partial charge is 0.230 e. The second kappa shape index (κ2) is 3.42. The zero-order valence-electron chi connectivity index (χ0n) is 8.21. The van der Waals surface area contributed by atoms with Crippen LogP contribution in [0.5, 0.6) is 5.75 Å². The van der Waals surface area contributed by atoms with Crippen molar-refractivity contribution < 1.29 is 13.9 Å². The molecule has 0 saturated heterocycles. The maximum absolute atomic E-state index is 13.4. The van der Waals surface area contributed by atoms with Crippen molar-refractivity contribution in [1.82, 2.24) is 0 Å². The van der Waals surface area contributed by atoms with Gasteiger partial charge in [0.15, 0.2) is 11.6 Å². The minimum absolute atomic E-state index is 0.0573. The number of fused-ring (bicyclic) bond motifs is 1. The molecule has 1 atom stereocenters. The van der Waals surface area contributed by atoms with Crippen LogP contribution in [0.25, 0.3) is 0 Å². The maximum atomic E-state index is 13.4. The Morgan fingerprint density at radius 1 is 1.60 bits per heavy atom. The molecule has 0 saturated carbocycles. The van der Waals surface area contributed by atoms with Crippen molar-refractivity contribution in [2.24, 2.45) is 5.92 Å². The zero-order chi connectivity index (χ0) is 11.0. The van der Waals surface area contributed by atoms with Gasteiger partial charge in [0.25, 0.3) is 0 Å². The van der Waals surface area contributed by atoms with E-state index in [0.717, 1.165) is 0 Å². The van der Waals surface area contributed by atoms with Crippen LogP contribution >= 0.6 is 0 Å². The average Bonchev–Trinajstić information content (AvgIpc) is 2.27. The first-order valence-corrected chi connectivity index (χ1v) is 4.60. The van der Waals surface area contributed by atoms with Crippen molar-refractivity contribution in [2.75, 3.05) is 17.7 Å². The topological polar surface area (TPSA) is 64.3 Å². The third-order valence-electron chi connectivity index (χ3n) is 2.25. The van der Waals surface area contributed by atoms with E-state index in [1.165, 1.54) is 12.1 Å². The summed E-state index contributed by atoms with van der Waals surface area (Å²) in [5.74, 6) is -1.00. The molecule has 1 aromatic rings. The lowest BCUT2D eigenvalue weighted by Gasteiger charge is -2.08. The number of carbonyl (C=O) groups excluding carboxylic acids is 1.